The highest BCUT2D eigenvalue weighted by molar-refractivity contribution is 9.10. The quantitative estimate of drug-likeness (QED) is 0.111. The van der Waals surface area contributed by atoms with Crippen LogP contribution in [0.25, 0.3) is 55.7 Å². The minimum Gasteiger partial charge on any atom is -0.536 e. The Hall–Kier alpha value is -7.70. The molecule has 0 bridgehead atoms. The zero-order chi connectivity index (χ0) is 48.3. The molecule has 4 aromatic carbocycles. The largest absolute Gasteiger partial charge is 0.569 e. The van der Waals surface area contributed by atoms with Crippen LogP contribution in [0.3, 0.4) is 0 Å². The fourth-order valence-corrected chi connectivity index (χ4v) is 7.25. The van der Waals surface area contributed by atoms with Crippen molar-refractivity contribution >= 4 is 91.6 Å². The van der Waals surface area contributed by atoms with Crippen LogP contribution in [0.2, 0.25) is 10.0 Å². The second kappa shape index (κ2) is 22.4. The second-order valence-electron chi connectivity index (χ2n) is 14.6. The summed E-state index contributed by atoms with van der Waals surface area (Å²) in [5.74, 6) is 2.29. The molecule has 341 valence electrons. The van der Waals surface area contributed by atoms with Crippen molar-refractivity contribution in [1.29, 1.82) is 0 Å². The van der Waals surface area contributed by atoms with Crippen LogP contribution in [0.5, 0.6) is 11.6 Å². The number of nitrogens with zero attached hydrogens (tertiary/aromatic N) is 8. The Labute approximate surface area is 413 Å². The standard InChI is InChI=1S/C25H17ClFN5.C19H11BrClFN4.C6H7BNO3/c1-15-4-5-17(14-29-15)16-6-9-23-20(11-16)25(30-19-7-8-22(27)21(26)12-19)32-24(31-23)18-3-2-10-28-13-18;20-12-3-6-17-14(8-12)19(24-13-4-5-16(22)15(21)9-13)26-18(25-17)11-2-1-7-23-10-11;1-10-6-3-2-5(4-8-6)11-7-9/h2-14H,1H3,(H,30,31,32);1-10H,(H,24,25,26);2-4,9H,1H3. The third kappa shape index (κ3) is 12.3. The Morgan fingerprint density at radius 1 is 0.594 bits per heavy atom. The highest BCUT2D eigenvalue weighted by Crippen LogP contribution is 2.33. The van der Waals surface area contributed by atoms with Crippen LogP contribution < -0.4 is 20.0 Å². The molecule has 0 atom stereocenters. The van der Waals surface area contributed by atoms with Gasteiger partial charge < -0.3 is 25.0 Å². The van der Waals surface area contributed by atoms with Crippen LogP contribution in [-0.4, -0.2) is 59.7 Å². The Kier molecular flexibility index (Phi) is 15.5. The monoisotopic (exact) mass is 1020 g/mol. The molecule has 1 radical (unpaired) electrons. The summed E-state index contributed by atoms with van der Waals surface area (Å²) in [5, 5.41) is 16.4. The SMILES string of the molecule is COc1ccc(O[B]O)cn1.Cc1ccc(-c2ccc3nc(-c4cccnc4)nc(Nc4ccc(F)c(Cl)c4)c3c2)cn1.Fc1ccc(Nc2nc(-c3cccnc3)nc3ccc(Br)cc23)cc1Cl. The molecule has 0 saturated heterocycles. The summed E-state index contributed by atoms with van der Waals surface area (Å²) in [5.41, 5.74) is 7.32. The van der Waals surface area contributed by atoms with Gasteiger partial charge in [-0.1, -0.05) is 51.3 Å². The molecule has 0 spiro atoms. The van der Waals surface area contributed by atoms with Crippen molar-refractivity contribution < 1.29 is 23.2 Å². The lowest BCUT2D eigenvalue weighted by molar-refractivity contribution is 0.395. The normalized spacial score (nSPS) is 10.6. The zero-order valence-corrected chi connectivity index (χ0v) is 39.4. The van der Waals surface area contributed by atoms with Crippen molar-refractivity contribution in [1.82, 2.24) is 39.9 Å². The first-order valence-corrected chi connectivity index (χ1v) is 22.2. The number of nitrogens with one attached hydrogen (secondary N) is 2. The number of aromatic nitrogens is 8. The predicted molar refractivity (Wildman–Crippen MR) is 270 cm³/mol. The molecule has 13 nitrogen and oxygen atoms in total. The summed E-state index contributed by atoms with van der Waals surface area (Å²) >= 11 is 15.3. The van der Waals surface area contributed by atoms with Gasteiger partial charge in [-0.25, -0.2) is 33.7 Å². The molecule has 0 aliphatic rings. The van der Waals surface area contributed by atoms with Crippen LogP contribution in [0.1, 0.15) is 5.69 Å². The van der Waals surface area contributed by atoms with Gasteiger partial charge in [0.2, 0.25) is 5.88 Å². The van der Waals surface area contributed by atoms with Gasteiger partial charge in [0.15, 0.2) is 11.6 Å². The fraction of sp³-hybridized carbons (Fsp3) is 0.0400. The van der Waals surface area contributed by atoms with Crippen molar-refractivity contribution in [3.63, 3.8) is 0 Å². The van der Waals surface area contributed by atoms with Gasteiger partial charge in [0.25, 0.3) is 0 Å². The van der Waals surface area contributed by atoms with Crippen molar-refractivity contribution in [2.24, 2.45) is 0 Å². The van der Waals surface area contributed by atoms with Gasteiger partial charge in [0.1, 0.15) is 29.0 Å². The van der Waals surface area contributed by atoms with Crippen molar-refractivity contribution in [3.05, 3.63) is 190 Å². The number of anilines is 4. The van der Waals surface area contributed by atoms with Crippen LogP contribution in [-0.2, 0) is 0 Å². The molecule has 0 unspecified atom stereocenters. The second-order valence-corrected chi connectivity index (χ2v) is 16.4. The Balaban J connectivity index is 0.000000155. The van der Waals surface area contributed by atoms with Crippen LogP contribution in [0.4, 0.5) is 31.8 Å². The highest BCUT2D eigenvalue weighted by Gasteiger charge is 2.14. The Bertz CT molecular complexity index is 3380. The molecule has 0 aliphatic carbocycles. The number of pyridine rings is 4. The number of hydrogen-bond acceptors (Lipinski definition) is 13. The molecule has 0 aliphatic heterocycles. The molecule has 6 aromatic heterocycles. The molecule has 10 aromatic rings. The lowest BCUT2D eigenvalue weighted by atomic mass is 10.0. The van der Waals surface area contributed by atoms with Crippen molar-refractivity contribution in [2.45, 2.75) is 6.92 Å². The molecular formula is C50H35BBrCl2F2N10O3. The van der Waals surface area contributed by atoms with Crippen molar-refractivity contribution in [3.8, 4) is 45.5 Å². The van der Waals surface area contributed by atoms with E-state index in [1.54, 1.807) is 49.1 Å². The molecule has 6 heterocycles. The molecule has 0 saturated carbocycles. The summed E-state index contributed by atoms with van der Waals surface area (Å²) < 4.78 is 37.4. The molecule has 10 rings (SSSR count). The molecule has 69 heavy (non-hydrogen) atoms. The van der Waals surface area contributed by atoms with E-state index < -0.39 is 11.6 Å². The van der Waals surface area contributed by atoms with E-state index >= 15 is 0 Å². The fourth-order valence-electron chi connectivity index (χ4n) is 6.53. The van der Waals surface area contributed by atoms with E-state index in [0.29, 0.717) is 54.0 Å². The van der Waals surface area contributed by atoms with Crippen LogP contribution in [0.15, 0.2) is 163 Å². The number of methoxy groups -OCH3 is 1. The van der Waals surface area contributed by atoms with E-state index in [1.165, 1.54) is 37.6 Å². The van der Waals surface area contributed by atoms with Gasteiger partial charge >= 0.3 is 7.69 Å². The van der Waals surface area contributed by atoms with E-state index in [4.69, 9.17) is 42.9 Å². The van der Waals surface area contributed by atoms with E-state index in [0.717, 1.165) is 54.2 Å². The Morgan fingerprint density at radius 3 is 1.67 bits per heavy atom. The van der Waals surface area contributed by atoms with E-state index in [-0.39, 0.29) is 10.0 Å². The minimum absolute atomic E-state index is 0.0345. The lowest BCUT2D eigenvalue weighted by Crippen LogP contribution is -2.00. The Morgan fingerprint density at radius 2 is 1.17 bits per heavy atom. The number of halogens is 5. The average molecular weight is 1020 g/mol. The number of rotatable bonds is 10. The minimum atomic E-state index is -0.477. The maximum atomic E-state index is 13.6. The molecule has 19 heteroatoms. The third-order valence-electron chi connectivity index (χ3n) is 9.91. The summed E-state index contributed by atoms with van der Waals surface area (Å²) in [6, 6.07) is 35.4. The summed E-state index contributed by atoms with van der Waals surface area (Å²) in [6.07, 6.45) is 10.1. The predicted octanol–water partition coefficient (Wildman–Crippen LogP) is 12.6. The first-order chi connectivity index (χ1) is 33.5. The van der Waals surface area contributed by atoms with Gasteiger partial charge in [-0.05, 0) is 116 Å². The van der Waals surface area contributed by atoms with Crippen molar-refractivity contribution in [2.75, 3.05) is 17.7 Å². The number of aryl methyl sites for hydroxylation is 1. The van der Waals surface area contributed by atoms with Gasteiger partial charge in [0.05, 0.1) is 34.4 Å². The summed E-state index contributed by atoms with van der Waals surface area (Å²) in [6.45, 7) is 1.95. The number of ether oxygens (including phenoxy) is 1. The first kappa shape index (κ1) is 47.8. The molecule has 0 amide bonds. The lowest BCUT2D eigenvalue weighted by Gasteiger charge is -2.13. The van der Waals surface area contributed by atoms with Crippen LogP contribution >= 0.6 is 39.1 Å². The summed E-state index contributed by atoms with van der Waals surface area (Å²) in [7, 11) is 2.13. The number of benzene rings is 4. The van der Waals surface area contributed by atoms with E-state index in [1.807, 2.05) is 85.9 Å². The topological polar surface area (TPSA) is 166 Å². The zero-order valence-electron chi connectivity index (χ0n) is 36.3. The summed E-state index contributed by atoms with van der Waals surface area (Å²) in [4.78, 5) is 35.3. The molecule has 0 fully saturated rings. The third-order valence-corrected chi connectivity index (χ3v) is 11.0. The van der Waals surface area contributed by atoms with Gasteiger partial charge in [-0.2, -0.15) is 0 Å². The molecular weight excluding hydrogens is 988 g/mol. The number of fused-ring (bicyclic) bond motifs is 2. The molecule has 3 N–H and O–H groups in total. The average Bonchev–Trinajstić information content (AvgIpc) is 3.37. The number of hydrogen-bond donors (Lipinski definition) is 3. The smallest absolute Gasteiger partial charge is 0.536 e. The maximum Gasteiger partial charge on any atom is 0.569 e. The van der Waals surface area contributed by atoms with Gasteiger partial charge in [-0.3, -0.25) is 15.0 Å². The van der Waals surface area contributed by atoms with Gasteiger partial charge in [-0.15, -0.1) is 0 Å². The van der Waals surface area contributed by atoms with E-state index in [2.05, 4.69) is 61.1 Å². The maximum absolute atomic E-state index is 13.6. The first-order valence-electron chi connectivity index (χ1n) is 20.6. The van der Waals surface area contributed by atoms with Gasteiger partial charge in [0, 0.05) is 86.1 Å². The highest BCUT2D eigenvalue weighted by atomic mass is 79.9. The van der Waals surface area contributed by atoms with E-state index in [9.17, 15) is 8.78 Å². The van der Waals surface area contributed by atoms with Crippen LogP contribution in [0, 0.1) is 18.6 Å².